The number of rotatable bonds is 3. The first-order valence-corrected chi connectivity index (χ1v) is 4.84. The third-order valence-electron chi connectivity index (χ3n) is 1.81. The number of amides is 1. The predicted molar refractivity (Wildman–Crippen MR) is 57.7 cm³/mol. The molecule has 1 amide bonds. The van der Waals surface area contributed by atoms with E-state index in [9.17, 15) is 9.59 Å². The summed E-state index contributed by atoms with van der Waals surface area (Å²) in [5.74, 6) is -0.0956. The molecular weight excluding hydrogens is 192 g/mol. The number of hydrogen-bond donors (Lipinski definition) is 1. The van der Waals surface area contributed by atoms with Crippen molar-refractivity contribution in [3.63, 3.8) is 0 Å². The molecule has 0 fully saturated rings. The smallest absolute Gasteiger partial charge is 0.240 e. The molecular formula is C11H16N2O2. The van der Waals surface area contributed by atoms with Gasteiger partial charge in [0.2, 0.25) is 5.91 Å². The molecule has 0 atom stereocenters. The van der Waals surface area contributed by atoms with Crippen LogP contribution in [-0.2, 0) is 11.3 Å². The van der Waals surface area contributed by atoms with Crippen LogP contribution < -0.4 is 5.32 Å². The van der Waals surface area contributed by atoms with Gasteiger partial charge in [0, 0.05) is 11.7 Å². The van der Waals surface area contributed by atoms with E-state index in [1.165, 1.54) is 0 Å². The Balaban J connectivity index is 2.63. The number of aldehydes is 1. The minimum atomic E-state index is -0.244. The zero-order valence-electron chi connectivity index (χ0n) is 9.28. The van der Waals surface area contributed by atoms with Crippen molar-refractivity contribution in [1.82, 2.24) is 9.88 Å². The first-order valence-electron chi connectivity index (χ1n) is 4.84. The Kier molecular flexibility index (Phi) is 3.29. The fourth-order valence-corrected chi connectivity index (χ4v) is 1.29. The molecule has 1 aromatic heterocycles. The first kappa shape index (κ1) is 11.5. The third kappa shape index (κ3) is 3.58. The standard InChI is InChI=1S/C11H16N2O2/c1-11(2,3)12-10(15)7-13-6-4-5-9(13)8-14/h4-6,8H,7H2,1-3H3,(H,12,15). The highest BCUT2D eigenvalue weighted by Gasteiger charge is 2.14. The summed E-state index contributed by atoms with van der Waals surface area (Å²) in [6.45, 7) is 5.93. The maximum absolute atomic E-state index is 11.5. The largest absolute Gasteiger partial charge is 0.350 e. The van der Waals surface area contributed by atoms with Crippen molar-refractivity contribution in [2.75, 3.05) is 0 Å². The van der Waals surface area contributed by atoms with Gasteiger partial charge < -0.3 is 9.88 Å². The molecule has 0 aromatic carbocycles. The average Bonchev–Trinajstić information content (AvgIpc) is 2.48. The molecule has 0 saturated heterocycles. The number of carbonyl (C=O) groups is 2. The second-order valence-electron chi connectivity index (χ2n) is 4.48. The normalized spacial score (nSPS) is 11.1. The lowest BCUT2D eigenvalue weighted by atomic mass is 10.1. The number of aromatic nitrogens is 1. The van der Waals surface area contributed by atoms with Crippen molar-refractivity contribution in [1.29, 1.82) is 0 Å². The molecule has 1 rings (SSSR count). The second kappa shape index (κ2) is 4.29. The van der Waals surface area contributed by atoms with Crippen LogP contribution in [0.5, 0.6) is 0 Å². The Morgan fingerprint density at radius 1 is 1.53 bits per heavy atom. The van der Waals surface area contributed by atoms with Crippen LogP contribution in [-0.4, -0.2) is 22.3 Å². The summed E-state index contributed by atoms with van der Waals surface area (Å²) in [7, 11) is 0. The van der Waals surface area contributed by atoms with Gasteiger partial charge in [0.15, 0.2) is 6.29 Å². The minimum absolute atomic E-state index is 0.0956. The van der Waals surface area contributed by atoms with Gasteiger partial charge in [-0.1, -0.05) is 0 Å². The fourth-order valence-electron chi connectivity index (χ4n) is 1.29. The van der Waals surface area contributed by atoms with Gasteiger partial charge in [-0.3, -0.25) is 9.59 Å². The monoisotopic (exact) mass is 208 g/mol. The van der Waals surface area contributed by atoms with E-state index in [0.717, 1.165) is 6.29 Å². The predicted octanol–water partition coefficient (Wildman–Crippen LogP) is 1.22. The summed E-state index contributed by atoms with van der Waals surface area (Å²) in [4.78, 5) is 22.1. The fraction of sp³-hybridized carbons (Fsp3) is 0.455. The van der Waals surface area contributed by atoms with Crippen LogP contribution >= 0.6 is 0 Å². The van der Waals surface area contributed by atoms with E-state index in [0.29, 0.717) is 5.69 Å². The van der Waals surface area contributed by atoms with E-state index in [2.05, 4.69) is 5.32 Å². The molecule has 4 nitrogen and oxygen atoms in total. The highest BCUT2D eigenvalue weighted by atomic mass is 16.2. The van der Waals surface area contributed by atoms with Gasteiger partial charge in [-0.2, -0.15) is 0 Å². The molecule has 1 N–H and O–H groups in total. The SMILES string of the molecule is CC(C)(C)NC(=O)Cn1cccc1C=O. The van der Waals surface area contributed by atoms with Crippen molar-refractivity contribution < 1.29 is 9.59 Å². The van der Waals surface area contributed by atoms with Crippen molar-refractivity contribution in [2.24, 2.45) is 0 Å². The summed E-state index contributed by atoms with van der Waals surface area (Å²) < 4.78 is 1.62. The molecule has 0 radical (unpaired) electrons. The molecule has 0 aliphatic carbocycles. The van der Waals surface area contributed by atoms with E-state index >= 15 is 0 Å². The van der Waals surface area contributed by atoms with Crippen LogP contribution in [0.2, 0.25) is 0 Å². The van der Waals surface area contributed by atoms with Crippen molar-refractivity contribution in [3.05, 3.63) is 24.0 Å². The van der Waals surface area contributed by atoms with Gasteiger partial charge in [0.25, 0.3) is 0 Å². The molecule has 82 valence electrons. The Hall–Kier alpha value is -1.58. The molecule has 0 saturated carbocycles. The summed E-state index contributed by atoms with van der Waals surface area (Å²) in [5, 5.41) is 2.83. The molecule has 15 heavy (non-hydrogen) atoms. The van der Waals surface area contributed by atoms with E-state index < -0.39 is 0 Å². The summed E-state index contributed by atoms with van der Waals surface area (Å²) in [5.41, 5.74) is 0.269. The lowest BCUT2D eigenvalue weighted by molar-refractivity contribution is -0.123. The first-order chi connectivity index (χ1) is 6.92. The topological polar surface area (TPSA) is 51.1 Å². The lowest BCUT2D eigenvalue weighted by Crippen LogP contribution is -2.42. The van der Waals surface area contributed by atoms with Gasteiger partial charge in [0.1, 0.15) is 6.54 Å². The highest BCUT2D eigenvalue weighted by molar-refractivity contribution is 5.78. The van der Waals surface area contributed by atoms with Gasteiger partial charge >= 0.3 is 0 Å². The molecule has 1 heterocycles. The van der Waals surface area contributed by atoms with E-state index in [1.54, 1.807) is 22.9 Å². The van der Waals surface area contributed by atoms with Crippen LogP contribution in [0.3, 0.4) is 0 Å². The molecule has 4 heteroatoms. The number of nitrogens with zero attached hydrogens (tertiary/aromatic N) is 1. The molecule has 0 aliphatic heterocycles. The van der Waals surface area contributed by atoms with Gasteiger partial charge in [-0.25, -0.2) is 0 Å². The van der Waals surface area contributed by atoms with E-state index in [-0.39, 0.29) is 18.0 Å². The number of nitrogens with one attached hydrogen (secondary N) is 1. The van der Waals surface area contributed by atoms with Crippen LogP contribution in [0.1, 0.15) is 31.3 Å². The van der Waals surface area contributed by atoms with E-state index in [4.69, 9.17) is 0 Å². The summed E-state index contributed by atoms with van der Waals surface area (Å²) in [6, 6.07) is 3.42. The lowest BCUT2D eigenvalue weighted by Gasteiger charge is -2.20. The van der Waals surface area contributed by atoms with Crippen LogP contribution in [0, 0.1) is 0 Å². The molecule has 1 aromatic rings. The van der Waals surface area contributed by atoms with Crippen molar-refractivity contribution in [2.45, 2.75) is 32.9 Å². The molecule has 0 spiro atoms. The van der Waals surface area contributed by atoms with Gasteiger partial charge in [-0.05, 0) is 32.9 Å². The Bertz CT molecular complexity index is 361. The van der Waals surface area contributed by atoms with Gasteiger partial charge in [0.05, 0.1) is 5.69 Å². The quantitative estimate of drug-likeness (QED) is 0.759. The molecule has 0 bridgehead atoms. The number of hydrogen-bond acceptors (Lipinski definition) is 2. The summed E-state index contributed by atoms with van der Waals surface area (Å²) in [6.07, 6.45) is 2.45. The molecule has 0 aliphatic rings. The van der Waals surface area contributed by atoms with Crippen molar-refractivity contribution in [3.8, 4) is 0 Å². The Labute approximate surface area is 89.3 Å². The highest BCUT2D eigenvalue weighted by Crippen LogP contribution is 2.01. The minimum Gasteiger partial charge on any atom is -0.350 e. The zero-order valence-corrected chi connectivity index (χ0v) is 9.28. The van der Waals surface area contributed by atoms with Crippen LogP contribution in [0.4, 0.5) is 0 Å². The van der Waals surface area contributed by atoms with Gasteiger partial charge in [-0.15, -0.1) is 0 Å². The Morgan fingerprint density at radius 3 is 2.73 bits per heavy atom. The number of carbonyl (C=O) groups excluding carboxylic acids is 2. The maximum Gasteiger partial charge on any atom is 0.240 e. The average molecular weight is 208 g/mol. The van der Waals surface area contributed by atoms with Crippen LogP contribution in [0.15, 0.2) is 18.3 Å². The molecule has 0 unspecified atom stereocenters. The maximum atomic E-state index is 11.5. The van der Waals surface area contributed by atoms with E-state index in [1.807, 2.05) is 20.8 Å². The Morgan fingerprint density at radius 2 is 2.20 bits per heavy atom. The van der Waals surface area contributed by atoms with Crippen molar-refractivity contribution >= 4 is 12.2 Å². The summed E-state index contributed by atoms with van der Waals surface area (Å²) >= 11 is 0. The second-order valence-corrected chi connectivity index (χ2v) is 4.48. The zero-order chi connectivity index (χ0) is 11.5. The van der Waals surface area contributed by atoms with Crippen LogP contribution in [0.25, 0.3) is 0 Å². The third-order valence-corrected chi connectivity index (χ3v) is 1.81.